The van der Waals surface area contributed by atoms with E-state index in [9.17, 15) is 5.21 Å². The van der Waals surface area contributed by atoms with Crippen LogP contribution in [0, 0.1) is 19.1 Å². The zero-order chi connectivity index (χ0) is 9.84. The van der Waals surface area contributed by atoms with E-state index in [0.717, 1.165) is 20.9 Å². The van der Waals surface area contributed by atoms with E-state index < -0.39 is 0 Å². The minimum Gasteiger partial charge on any atom is -0.619 e. The average molecular weight is 199 g/mol. The van der Waals surface area contributed by atoms with E-state index in [1.165, 1.54) is 6.20 Å². The molecule has 0 aliphatic carbocycles. The van der Waals surface area contributed by atoms with Crippen molar-refractivity contribution in [3.63, 3.8) is 0 Å². The number of aliphatic hydroxyl groups excluding tert-OH is 1. The Bertz CT molecular complexity index is 302. The first kappa shape index (κ1) is 10.3. The number of pyridine rings is 1. The molecule has 1 aromatic heterocycles. The predicted octanol–water partition coefficient (Wildman–Crippen LogP) is 1.02. The molecule has 0 atom stereocenters. The van der Waals surface area contributed by atoms with Gasteiger partial charge < -0.3 is 10.3 Å². The largest absolute Gasteiger partial charge is 0.619 e. The molecular formula is C9H13NO2S. The molecule has 0 saturated carbocycles. The molecule has 13 heavy (non-hydrogen) atoms. The highest BCUT2D eigenvalue weighted by atomic mass is 32.2. The summed E-state index contributed by atoms with van der Waals surface area (Å²) in [5, 5.41) is 19.8. The molecule has 1 rings (SSSR count). The van der Waals surface area contributed by atoms with Gasteiger partial charge in [0.1, 0.15) is 0 Å². The van der Waals surface area contributed by atoms with E-state index in [1.807, 2.05) is 6.92 Å². The summed E-state index contributed by atoms with van der Waals surface area (Å²) in [7, 11) is 0. The van der Waals surface area contributed by atoms with Crippen LogP contribution in [0.2, 0.25) is 0 Å². The summed E-state index contributed by atoms with van der Waals surface area (Å²) in [6.07, 6.45) is 1.50. The predicted molar refractivity (Wildman–Crippen MR) is 52.7 cm³/mol. The van der Waals surface area contributed by atoms with Crippen molar-refractivity contribution in [2.24, 2.45) is 0 Å². The number of thioether (sulfide) groups is 1. The lowest BCUT2D eigenvalue weighted by Crippen LogP contribution is -2.30. The SMILES string of the molecule is Cc1c(SCCO)cc[n+]([O-])c1C. The summed E-state index contributed by atoms with van der Waals surface area (Å²) in [5.41, 5.74) is 1.72. The molecule has 0 amide bonds. The van der Waals surface area contributed by atoms with Crippen LogP contribution in [-0.4, -0.2) is 17.5 Å². The van der Waals surface area contributed by atoms with Crippen molar-refractivity contribution in [2.75, 3.05) is 12.4 Å². The molecule has 1 heterocycles. The van der Waals surface area contributed by atoms with Crippen molar-refractivity contribution in [3.8, 4) is 0 Å². The molecule has 0 aliphatic rings. The lowest BCUT2D eigenvalue weighted by molar-refractivity contribution is -0.613. The van der Waals surface area contributed by atoms with Crippen molar-refractivity contribution < 1.29 is 9.84 Å². The van der Waals surface area contributed by atoms with Gasteiger partial charge in [0.05, 0.1) is 6.61 Å². The lowest BCUT2D eigenvalue weighted by Gasteiger charge is -2.07. The molecule has 1 aromatic rings. The highest BCUT2D eigenvalue weighted by Gasteiger charge is 2.08. The van der Waals surface area contributed by atoms with Crippen LogP contribution < -0.4 is 4.73 Å². The van der Waals surface area contributed by atoms with E-state index in [0.29, 0.717) is 5.75 Å². The van der Waals surface area contributed by atoms with Gasteiger partial charge in [-0.15, -0.1) is 11.8 Å². The van der Waals surface area contributed by atoms with Crippen molar-refractivity contribution >= 4 is 11.8 Å². The third-order valence-electron chi connectivity index (χ3n) is 1.95. The second kappa shape index (κ2) is 4.48. The lowest BCUT2D eigenvalue weighted by atomic mass is 10.2. The molecule has 0 aromatic carbocycles. The van der Waals surface area contributed by atoms with E-state index in [1.54, 1.807) is 24.8 Å². The average Bonchev–Trinajstić information content (AvgIpc) is 2.13. The number of nitrogens with zero attached hydrogens (tertiary/aromatic N) is 1. The van der Waals surface area contributed by atoms with Gasteiger partial charge in [-0.2, -0.15) is 4.73 Å². The zero-order valence-corrected chi connectivity index (χ0v) is 8.60. The van der Waals surface area contributed by atoms with Crippen LogP contribution >= 0.6 is 11.8 Å². The van der Waals surface area contributed by atoms with Crippen LogP contribution in [-0.2, 0) is 0 Å². The fraction of sp³-hybridized carbons (Fsp3) is 0.444. The molecule has 0 fully saturated rings. The van der Waals surface area contributed by atoms with Crippen molar-refractivity contribution in [1.29, 1.82) is 0 Å². The topological polar surface area (TPSA) is 47.2 Å². The Kier molecular flexibility index (Phi) is 3.57. The molecule has 4 heteroatoms. The molecule has 0 bridgehead atoms. The second-order valence-electron chi connectivity index (χ2n) is 2.79. The summed E-state index contributed by atoms with van der Waals surface area (Å²) in [4.78, 5) is 1.07. The molecule has 0 radical (unpaired) electrons. The van der Waals surface area contributed by atoms with Gasteiger partial charge in [0, 0.05) is 29.2 Å². The fourth-order valence-electron chi connectivity index (χ4n) is 1.03. The molecule has 3 nitrogen and oxygen atoms in total. The Morgan fingerprint density at radius 3 is 2.85 bits per heavy atom. The number of hydrogen-bond acceptors (Lipinski definition) is 3. The Balaban J connectivity index is 2.90. The first-order chi connectivity index (χ1) is 6.16. The maximum absolute atomic E-state index is 11.1. The van der Waals surface area contributed by atoms with Gasteiger partial charge in [-0.1, -0.05) is 0 Å². The fourth-order valence-corrected chi connectivity index (χ4v) is 1.86. The molecule has 0 unspecified atom stereocenters. The summed E-state index contributed by atoms with van der Waals surface area (Å²) in [6.45, 7) is 3.88. The van der Waals surface area contributed by atoms with Crippen LogP contribution in [0.25, 0.3) is 0 Å². The minimum atomic E-state index is 0.162. The minimum absolute atomic E-state index is 0.162. The molecule has 0 aliphatic heterocycles. The smallest absolute Gasteiger partial charge is 0.193 e. The van der Waals surface area contributed by atoms with E-state index in [2.05, 4.69) is 0 Å². The Morgan fingerprint density at radius 2 is 2.23 bits per heavy atom. The third kappa shape index (κ3) is 2.35. The Hall–Kier alpha value is -0.740. The summed E-state index contributed by atoms with van der Waals surface area (Å²) in [6, 6.07) is 1.79. The van der Waals surface area contributed by atoms with E-state index in [4.69, 9.17) is 5.11 Å². The number of hydrogen-bond donors (Lipinski definition) is 1. The van der Waals surface area contributed by atoms with E-state index >= 15 is 0 Å². The molecule has 1 N–H and O–H groups in total. The van der Waals surface area contributed by atoms with Crippen LogP contribution in [0.5, 0.6) is 0 Å². The van der Waals surface area contributed by atoms with Gasteiger partial charge in [-0.3, -0.25) is 0 Å². The van der Waals surface area contributed by atoms with Gasteiger partial charge in [0.2, 0.25) is 0 Å². The maximum Gasteiger partial charge on any atom is 0.193 e. The summed E-state index contributed by atoms with van der Waals surface area (Å²) in [5.74, 6) is 0.670. The maximum atomic E-state index is 11.1. The zero-order valence-electron chi connectivity index (χ0n) is 7.78. The second-order valence-corrected chi connectivity index (χ2v) is 3.93. The highest BCUT2D eigenvalue weighted by Crippen LogP contribution is 2.21. The van der Waals surface area contributed by atoms with Gasteiger partial charge in [0.25, 0.3) is 0 Å². The first-order valence-electron chi connectivity index (χ1n) is 4.10. The summed E-state index contributed by atoms with van der Waals surface area (Å²) >= 11 is 1.57. The quantitative estimate of drug-likeness (QED) is 0.449. The molecular weight excluding hydrogens is 186 g/mol. The van der Waals surface area contributed by atoms with Gasteiger partial charge in [-0.05, 0) is 6.92 Å². The Morgan fingerprint density at radius 1 is 1.54 bits per heavy atom. The number of aliphatic hydroxyl groups is 1. The van der Waals surface area contributed by atoms with Crippen LogP contribution in [0.3, 0.4) is 0 Å². The monoisotopic (exact) mass is 199 g/mol. The van der Waals surface area contributed by atoms with Crippen LogP contribution in [0.1, 0.15) is 11.3 Å². The van der Waals surface area contributed by atoms with Gasteiger partial charge >= 0.3 is 0 Å². The highest BCUT2D eigenvalue weighted by molar-refractivity contribution is 7.99. The van der Waals surface area contributed by atoms with Crippen molar-refractivity contribution in [3.05, 3.63) is 28.7 Å². The number of aromatic nitrogens is 1. The van der Waals surface area contributed by atoms with Gasteiger partial charge in [0.15, 0.2) is 11.9 Å². The van der Waals surface area contributed by atoms with Crippen molar-refractivity contribution in [1.82, 2.24) is 0 Å². The standard InChI is InChI=1S/C9H13NO2S/c1-7-8(2)10(12)4-3-9(7)13-6-5-11/h3-4,11H,5-6H2,1-2H3. The molecule has 0 saturated heterocycles. The van der Waals surface area contributed by atoms with Gasteiger partial charge in [-0.25, -0.2) is 0 Å². The Labute approximate surface area is 82.0 Å². The molecule has 72 valence electrons. The summed E-state index contributed by atoms with van der Waals surface area (Å²) < 4.78 is 0.859. The van der Waals surface area contributed by atoms with Crippen molar-refractivity contribution in [2.45, 2.75) is 18.7 Å². The van der Waals surface area contributed by atoms with E-state index in [-0.39, 0.29) is 6.61 Å². The van der Waals surface area contributed by atoms with Crippen LogP contribution in [0.15, 0.2) is 17.2 Å². The third-order valence-corrected chi connectivity index (χ3v) is 3.09. The first-order valence-corrected chi connectivity index (χ1v) is 5.08. The molecule has 0 spiro atoms. The normalized spacial score (nSPS) is 10.4. The van der Waals surface area contributed by atoms with Crippen LogP contribution in [0.4, 0.5) is 0 Å². The number of rotatable bonds is 3.